The predicted molar refractivity (Wildman–Crippen MR) is 124 cm³/mol. The first kappa shape index (κ1) is 22.6. The third kappa shape index (κ3) is 5.05. The van der Waals surface area contributed by atoms with E-state index >= 15 is 0 Å². The molecule has 0 spiro atoms. The Morgan fingerprint density at radius 3 is 2.69 bits per heavy atom. The standard InChI is InChI=1S/C25H33FN4O2/c1-17-14-30(18(2)13-29(17)15-19-3-5-21(26)6-4-19)25(31)16-32-22-7-8-24-23(11-22)20(9-10-27)12-28-24/h3-8,11,17-18,20,28H,9-10,12-16,27H2,1-2H3/t17-,18+,20?/m1/s1. The summed E-state index contributed by atoms with van der Waals surface area (Å²) in [5.74, 6) is 0.894. The third-order valence-corrected chi connectivity index (χ3v) is 6.61. The van der Waals surface area contributed by atoms with Crippen molar-refractivity contribution in [1.29, 1.82) is 0 Å². The van der Waals surface area contributed by atoms with E-state index in [0.717, 1.165) is 43.1 Å². The summed E-state index contributed by atoms with van der Waals surface area (Å²) < 4.78 is 19.1. The van der Waals surface area contributed by atoms with E-state index in [4.69, 9.17) is 10.5 Å². The van der Waals surface area contributed by atoms with Gasteiger partial charge in [0, 0.05) is 49.9 Å². The maximum atomic E-state index is 13.2. The quantitative estimate of drug-likeness (QED) is 0.692. The van der Waals surface area contributed by atoms with E-state index in [2.05, 4.69) is 24.1 Å². The van der Waals surface area contributed by atoms with Gasteiger partial charge in [-0.1, -0.05) is 12.1 Å². The fraction of sp³-hybridized carbons (Fsp3) is 0.480. The number of rotatable bonds is 7. The molecule has 2 aromatic rings. The zero-order chi connectivity index (χ0) is 22.7. The van der Waals surface area contributed by atoms with Crippen molar-refractivity contribution in [2.45, 2.75) is 44.8 Å². The van der Waals surface area contributed by atoms with Crippen molar-refractivity contribution in [1.82, 2.24) is 9.80 Å². The number of carbonyl (C=O) groups is 1. The van der Waals surface area contributed by atoms with E-state index < -0.39 is 0 Å². The van der Waals surface area contributed by atoms with Crippen molar-refractivity contribution < 1.29 is 13.9 Å². The number of nitrogens with two attached hydrogens (primary N) is 1. The van der Waals surface area contributed by atoms with Crippen LogP contribution < -0.4 is 15.8 Å². The molecule has 1 unspecified atom stereocenters. The molecule has 0 bridgehead atoms. The molecule has 2 aliphatic rings. The van der Waals surface area contributed by atoms with Gasteiger partial charge in [0.2, 0.25) is 0 Å². The predicted octanol–water partition coefficient (Wildman–Crippen LogP) is 3.18. The second-order valence-electron chi connectivity index (χ2n) is 8.99. The fourth-order valence-electron chi connectivity index (χ4n) is 4.75. The number of ether oxygens (including phenoxy) is 1. The van der Waals surface area contributed by atoms with Crippen LogP contribution in [0.25, 0.3) is 0 Å². The lowest BCUT2D eigenvalue weighted by molar-refractivity contribution is -0.139. The maximum Gasteiger partial charge on any atom is 0.260 e. The molecule has 1 amide bonds. The normalized spacial score (nSPS) is 23.0. The monoisotopic (exact) mass is 440 g/mol. The van der Waals surface area contributed by atoms with Crippen LogP contribution in [-0.4, -0.2) is 60.6 Å². The van der Waals surface area contributed by atoms with E-state index in [9.17, 15) is 9.18 Å². The fourth-order valence-corrected chi connectivity index (χ4v) is 4.75. The highest BCUT2D eigenvalue weighted by Crippen LogP contribution is 2.35. The van der Waals surface area contributed by atoms with Crippen molar-refractivity contribution >= 4 is 11.6 Å². The number of nitrogens with zero attached hydrogens (tertiary/aromatic N) is 2. The second-order valence-corrected chi connectivity index (χ2v) is 8.99. The van der Waals surface area contributed by atoms with E-state index in [-0.39, 0.29) is 30.4 Å². The molecule has 6 nitrogen and oxygen atoms in total. The molecule has 2 aliphatic heterocycles. The molecule has 2 aromatic carbocycles. The SMILES string of the molecule is C[C@@H]1CN(C(=O)COc2ccc3c(c2)C(CCN)CN3)[C@@H](C)CN1Cc1ccc(F)cc1. The lowest BCUT2D eigenvalue weighted by Crippen LogP contribution is -2.58. The Morgan fingerprint density at radius 1 is 1.16 bits per heavy atom. The highest BCUT2D eigenvalue weighted by atomic mass is 19.1. The van der Waals surface area contributed by atoms with Crippen molar-refractivity contribution in [3.8, 4) is 5.75 Å². The number of carbonyl (C=O) groups excluding carboxylic acids is 1. The third-order valence-electron chi connectivity index (χ3n) is 6.61. The number of hydrogen-bond acceptors (Lipinski definition) is 5. The number of piperazine rings is 1. The second kappa shape index (κ2) is 9.88. The zero-order valence-electron chi connectivity index (χ0n) is 18.9. The Balaban J connectivity index is 1.32. The van der Waals surface area contributed by atoms with Gasteiger partial charge in [-0.05, 0) is 68.3 Å². The highest BCUT2D eigenvalue weighted by molar-refractivity contribution is 5.78. The first-order chi connectivity index (χ1) is 15.4. The summed E-state index contributed by atoms with van der Waals surface area (Å²) in [4.78, 5) is 17.2. The number of amides is 1. The van der Waals surface area contributed by atoms with E-state index in [1.807, 2.05) is 35.2 Å². The van der Waals surface area contributed by atoms with Crippen LogP contribution >= 0.6 is 0 Å². The van der Waals surface area contributed by atoms with Crippen molar-refractivity contribution in [2.75, 3.05) is 38.1 Å². The van der Waals surface area contributed by atoms with E-state index in [0.29, 0.717) is 19.0 Å². The Kier molecular flexibility index (Phi) is 6.96. The van der Waals surface area contributed by atoms with Crippen LogP contribution in [-0.2, 0) is 11.3 Å². The Hall–Kier alpha value is -2.64. The number of anilines is 1. The van der Waals surface area contributed by atoms with Crippen molar-refractivity contribution in [3.63, 3.8) is 0 Å². The molecule has 7 heteroatoms. The minimum absolute atomic E-state index is 0.00270. The number of hydrogen-bond donors (Lipinski definition) is 2. The summed E-state index contributed by atoms with van der Waals surface area (Å²) in [6.07, 6.45) is 0.931. The maximum absolute atomic E-state index is 13.2. The van der Waals surface area contributed by atoms with Crippen LogP contribution in [0, 0.1) is 5.82 Å². The zero-order valence-corrected chi connectivity index (χ0v) is 18.9. The summed E-state index contributed by atoms with van der Waals surface area (Å²) in [7, 11) is 0. The number of fused-ring (bicyclic) bond motifs is 1. The Labute approximate surface area is 189 Å². The summed E-state index contributed by atoms with van der Waals surface area (Å²) >= 11 is 0. The van der Waals surface area contributed by atoms with Gasteiger partial charge in [-0.3, -0.25) is 9.69 Å². The van der Waals surface area contributed by atoms with Crippen molar-refractivity contribution in [3.05, 3.63) is 59.4 Å². The van der Waals surface area contributed by atoms with Crippen LogP contribution in [0.15, 0.2) is 42.5 Å². The molecular formula is C25H33FN4O2. The van der Waals surface area contributed by atoms with Gasteiger partial charge in [0.15, 0.2) is 6.61 Å². The average molecular weight is 441 g/mol. The molecule has 32 heavy (non-hydrogen) atoms. The molecule has 4 rings (SSSR count). The lowest BCUT2D eigenvalue weighted by Gasteiger charge is -2.44. The Morgan fingerprint density at radius 2 is 1.94 bits per heavy atom. The topological polar surface area (TPSA) is 70.8 Å². The molecule has 172 valence electrons. The molecule has 0 radical (unpaired) electrons. The molecule has 0 aromatic heterocycles. The van der Waals surface area contributed by atoms with Gasteiger partial charge in [-0.2, -0.15) is 0 Å². The molecule has 3 atom stereocenters. The summed E-state index contributed by atoms with van der Waals surface area (Å²) in [5, 5.41) is 3.40. The molecule has 3 N–H and O–H groups in total. The van der Waals surface area contributed by atoms with Crippen LogP contribution in [0.3, 0.4) is 0 Å². The van der Waals surface area contributed by atoms with Crippen LogP contribution in [0.1, 0.15) is 37.3 Å². The first-order valence-corrected chi connectivity index (χ1v) is 11.4. The minimum atomic E-state index is -0.222. The molecular weight excluding hydrogens is 407 g/mol. The van der Waals surface area contributed by atoms with E-state index in [1.165, 1.54) is 17.7 Å². The van der Waals surface area contributed by atoms with Crippen molar-refractivity contribution in [2.24, 2.45) is 5.73 Å². The molecule has 1 fully saturated rings. The highest BCUT2D eigenvalue weighted by Gasteiger charge is 2.32. The van der Waals surface area contributed by atoms with Gasteiger partial charge in [0.05, 0.1) is 0 Å². The summed E-state index contributed by atoms with van der Waals surface area (Å²) in [5.41, 5.74) is 9.16. The number of halogens is 1. The van der Waals surface area contributed by atoms with Gasteiger partial charge < -0.3 is 20.7 Å². The average Bonchev–Trinajstić information content (AvgIpc) is 3.18. The molecule has 1 saturated heterocycles. The summed E-state index contributed by atoms with van der Waals surface area (Å²) in [6, 6.07) is 12.9. The molecule has 0 saturated carbocycles. The van der Waals surface area contributed by atoms with E-state index in [1.54, 1.807) is 0 Å². The van der Waals surface area contributed by atoms with Crippen LogP contribution in [0.5, 0.6) is 5.75 Å². The van der Waals surface area contributed by atoms with Gasteiger partial charge in [-0.15, -0.1) is 0 Å². The first-order valence-electron chi connectivity index (χ1n) is 11.4. The smallest absolute Gasteiger partial charge is 0.260 e. The van der Waals surface area contributed by atoms with Crippen LogP contribution in [0.2, 0.25) is 0 Å². The molecule has 2 heterocycles. The van der Waals surface area contributed by atoms with Crippen LogP contribution in [0.4, 0.5) is 10.1 Å². The summed E-state index contributed by atoms with van der Waals surface area (Å²) in [6.45, 7) is 7.94. The van der Waals surface area contributed by atoms with Gasteiger partial charge in [0.1, 0.15) is 11.6 Å². The van der Waals surface area contributed by atoms with Gasteiger partial charge in [0.25, 0.3) is 5.91 Å². The minimum Gasteiger partial charge on any atom is -0.484 e. The number of benzene rings is 2. The number of nitrogens with one attached hydrogen (secondary N) is 1. The lowest BCUT2D eigenvalue weighted by atomic mass is 9.98. The molecule has 0 aliphatic carbocycles. The van der Waals surface area contributed by atoms with Gasteiger partial charge in [-0.25, -0.2) is 4.39 Å². The largest absolute Gasteiger partial charge is 0.484 e. The Bertz CT molecular complexity index is 934. The van der Waals surface area contributed by atoms with Gasteiger partial charge >= 0.3 is 0 Å².